The van der Waals surface area contributed by atoms with E-state index >= 15 is 0 Å². The average molecular weight is 374 g/mol. The van der Waals surface area contributed by atoms with E-state index in [0.29, 0.717) is 11.3 Å². The van der Waals surface area contributed by atoms with Crippen molar-refractivity contribution in [2.24, 2.45) is 5.10 Å². The fourth-order valence-corrected chi connectivity index (χ4v) is 3.26. The molecule has 0 aliphatic carbocycles. The molecule has 1 aliphatic rings. The van der Waals surface area contributed by atoms with E-state index in [9.17, 15) is 4.79 Å². The number of rotatable bonds is 4. The van der Waals surface area contributed by atoms with Crippen LogP contribution in [0, 0.1) is 6.92 Å². The maximum atomic E-state index is 12.5. The number of aryl methyl sites for hydroxylation is 1. The van der Waals surface area contributed by atoms with Crippen LogP contribution in [-0.4, -0.2) is 43.4 Å². The monoisotopic (exact) mass is 374 g/mol. The highest BCUT2D eigenvalue weighted by Gasteiger charge is 2.12. The van der Waals surface area contributed by atoms with Crippen LogP contribution in [0.15, 0.2) is 59.7 Å². The SMILES string of the molecule is Cc1nc2ccccc2cc1C(=O)NN=Cc1ccc(N2CCOCC2)cc1. The molecule has 1 saturated heterocycles. The Morgan fingerprint density at radius 1 is 1.14 bits per heavy atom. The fourth-order valence-electron chi connectivity index (χ4n) is 3.26. The number of aromatic nitrogens is 1. The zero-order chi connectivity index (χ0) is 19.3. The second kappa shape index (κ2) is 8.19. The molecule has 142 valence electrons. The van der Waals surface area contributed by atoms with E-state index in [4.69, 9.17) is 4.74 Å². The van der Waals surface area contributed by atoms with E-state index in [2.05, 4.69) is 32.5 Å². The topological polar surface area (TPSA) is 66.8 Å². The van der Waals surface area contributed by atoms with Gasteiger partial charge >= 0.3 is 0 Å². The Labute approximate surface area is 163 Å². The van der Waals surface area contributed by atoms with Gasteiger partial charge in [-0.05, 0) is 36.8 Å². The van der Waals surface area contributed by atoms with E-state index < -0.39 is 0 Å². The van der Waals surface area contributed by atoms with Crippen molar-refractivity contribution in [2.45, 2.75) is 6.92 Å². The highest BCUT2D eigenvalue weighted by atomic mass is 16.5. The van der Waals surface area contributed by atoms with Gasteiger partial charge in [-0.3, -0.25) is 9.78 Å². The van der Waals surface area contributed by atoms with Crippen molar-refractivity contribution < 1.29 is 9.53 Å². The lowest BCUT2D eigenvalue weighted by Gasteiger charge is -2.28. The van der Waals surface area contributed by atoms with Gasteiger partial charge in [0, 0.05) is 24.2 Å². The summed E-state index contributed by atoms with van der Waals surface area (Å²) in [5.41, 5.74) is 6.77. The average Bonchev–Trinajstić information content (AvgIpc) is 2.74. The number of ether oxygens (including phenoxy) is 1. The molecule has 0 saturated carbocycles. The number of pyridine rings is 1. The van der Waals surface area contributed by atoms with Gasteiger partial charge in [-0.25, -0.2) is 5.43 Å². The lowest BCUT2D eigenvalue weighted by atomic mass is 10.1. The lowest BCUT2D eigenvalue weighted by molar-refractivity contribution is 0.0954. The smallest absolute Gasteiger partial charge is 0.273 e. The molecule has 1 aliphatic heterocycles. The van der Waals surface area contributed by atoms with Crippen LogP contribution in [0.1, 0.15) is 21.6 Å². The van der Waals surface area contributed by atoms with Gasteiger partial charge in [0.25, 0.3) is 5.91 Å². The standard InChI is InChI=1S/C22H22N4O2/c1-16-20(14-18-4-2-3-5-21(18)24-16)22(27)25-23-15-17-6-8-19(9-7-17)26-10-12-28-13-11-26/h2-9,14-15H,10-13H2,1H3,(H,25,27). The molecule has 0 unspecified atom stereocenters. The second-order valence-electron chi connectivity index (χ2n) is 6.70. The summed E-state index contributed by atoms with van der Waals surface area (Å²) in [6.45, 7) is 5.16. The summed E-state index contributed by atoms with van der Waals surface area (Å²) < 4.78 is 5.38. The number of anilines is 1. The Balaban J connectivity index is 1.41. The summed E-state index contributed by atoms with van der Waals surface area (Å²) >= 11 is 0. The minimum absolute atomic E-state index is 0.267. The number of fused-ring (bicyclic) bond motifs is 1. The Bertz CT molecular complexity index is 1010. The quantitative estimate of drug-likeness (QED) is 0.563. The van der Waals surface area contributed by atoms with Crippen molar-refractivity contribution in [3.05, 3.63) is 71.4 Å². The predicted octanol–water partition coefficient (Wildman–Crippen LogP) is 3.14. The van der Waals surface area contributed by atoms with Crippen molar-refractivity contribution >= 4 is 28.7 Å². The van der Waals surface area contributed by atoms with E-state index in [1.165, 1.54) is 5.69 Å². The van der Waals surface area contributed by atoms with Gasteiger partial charge < -0.3 is 9.64 Å². The van der Waals surface area contributed by atoms with Crippen molar-refractivity contribution in [1.29, 1.82) is 0 Å². The number of nitrogens with zero attached hydrogens (tertiary/aromatic N) is 3. The van der Waals surface area contributed by atoms with E-state index in [1.54, 1.807) is 6.21 Å². The van der Waals surface area contributed by atoms with Crippen molar-refractivity contribution in [2.75, 3.05) is 31.2 Å². The number of para-hydroxylation sites is 1. The molecule has 28 heavy (non-hydrogen) atoms. The molecular formula is C22H22N4O2. The third-order valence-corrected chi connectivity index (χ3v) is 4.81. The molecule has 1 aromatic heterocycles. The van der Waals surface area contributed by atoms with Gasteiger partial charge in [0.2, 0.25) is 0 Å². The van der Waals surface area contributed by atoms with Crippen molar-refractivity contribution in [3.63, 3.8) is 0 Å². The Hall–Kier alpha value is -3.25. The van der Waals surface area contributed by atoms with Crippen LogP contribution < -0.4 is 10.3 Å². The Morgan fingerprint density at radius 3 is 2.68 bits per heavy atom. The largest absolute Gasteiger partial charge is 0.378 e. The maximum Gasteiger partial charge on any atom is 0.273 e. The number of hydrogen-bond donors (Lipinski definition) is 1. The molecule has 0 spiro atoms. The first-order chi connectivity index (χ1) is 13.7. The summed E-state index contributed by atoms with van der Waals surface area (Å²) in [6, 6.07) is 17.7. The molecule has 6 nitrogen and oxygen atoms in total. The third kappa shape index (κ3) is 4.02. The number of carbonyl (C=O) groups excluding carboxylic acids is 1. The van der Waals surface area contributed by atoms with Gasteiger partial charge in [-0.2, -0.15) is 5.10 Å². The minimum Gasteiger partial charge on any atom is -0.378 e. The number of hydrogen-bond acceptors (Lipinski definition) is 5. The van der Waals surface area contributed by atoms with Gasteiger partial charge in [-0.1, -0.05) is 30.3 Å². The molecule has 4 rings (SSSR count). The number of carbonyl (C=O) groups is 1. The summed E-state index contributed by atoms with van der Waals surface area (Å²) in [5.74, 6) is -0.267. The van der Waals surface area contributed by atoms with Crippen LogP contribution in [0.3, 0.4) is 0 Å². The number of morpholine rings is 1. The minimum atomic E-state index is -0.267. The molecule has 1 amide bonds. The highest BCUT2D eigenvalue weighted by Crippen LogP contribution is 2.17. The zero-order valence-electron chi connectivity index (χ0n) is 15.8. The second-order valence-corrected chi connectivity index (χ2v) is 6.70. The predicted molar refractivity (Wildman–Crippen MR) is 111 cm³/mol. The van der Waals surface area contributed by atoms with E-state index in [0.717, 1.165) is 42.8 Å². The molecule has 6 heteroatoms. The maximum absolute atomic E-state index is 12.5. The first-order valence-corrected chi connectivity index (χ1v) is 9.33. The number of nitrogens with one attached hydrogen (secondary N) is 1. The molecule has 0 atom stereocenters. The van der Waals surface area contributed by atoms with Crippen molar-refractivity contribution in [3.8, 4) is 0 Å². The van der Waals surface area contributed by atoms with Gasteiger partial charge in [0.05, 0.1) is 36.2 Å². The number of benzene rings is 2. The van der Waals surface area contributed by atoms with Gasteiger partial charge in [0.15, 0.2) is 0 Å². The van der Waals surface area contributed by atoms with Crippen LogP contribution in [0.4, 0.5) is 5.69 Å². The third-order valence-electron chi connectivity index (χ3n) is 4.81. The Morgan fingerprint density at radius 2 is 1.89 bits per heavy atom. The number of hydrazone groups is 1. The molecular weight excluding hydrogens is 352 g/mol. The van der Waals surface area contributed by atoms with Gasteiger partial charge in [-0.15, -0.1) is 0 Å². The first kappa shape index (κ1) is 18.1. The Kier molecular flexibility index (Phi) is 5.30. The van der Waals surface area contributed by atoms with Crippen molar-refractivity contribution in [1.82, 2.24) is 10.4 Å². The number of amides is 1. The summed E-state index contributed by atoms with van der Waals surface area (Å²) in [5, 5.41) is 5.03. The van der Waals surface area contributed by atoms with Crippen LogP contribution in [0.2, 0.25) is 0 Å². The highest BCUT2D eigenvalue weighted by molar-refractivity contribution is 5.99. The lowest BCUT2D eigenvalue weighted by Crippen LogP contribution is -2.36. The molecule has 0 radical (unpaired) electrons. The molecule has 3 aromatic rings. The van der Waals surface area contributed by atoms with Crippen LogP contribution in [0.5, 0.6) is 0 Å². The normalized spacial score (nSPS) is 14.5. The molecule has 2 heterocycles. The summed E-state index contributed by atoms with van der Waals surface area (Å²) in [6.07, 6.45) is 1.64. The summed E-state index contributed by atoms with van der Waals surface area (Å²) in [7, 11) is 0. The first-order valence-electron chi connectivity index (χ1n) is 9.33. The van der Waals surface area contributed by atoms with E-state index in [-0.39, 0.29) is 5.91 Å². The van der Waals surface area contributed by atoms with Gasteiger partial charge in [0.1, 0.15) is 0 Å². The van der Waals surface area contributed by atoms with Crippen LogP contribution in [0.25, 0.3) is 10.9 Å². The van der Waals surface area contributed by atoms with Crippen LogP contribution >= 0.6 is 0 Å². The molecule has 1 N–H and O–H groups in total. The molecule has 0 bridgehead atoms. The van der Waals surface area contributed by atoms with Crippen LogP contribution in [-0.2, 0) is 4.74 Å². The zero-order valence-corrected chi connectivity index (χ0v) is 15.8. The fraction of sp³-hybridized carbons (Fsp3) is 0.227. The van der Waals surface area contributed by atoms with E-state index in [1.807, 2.05) is 49.4 Å². The molecule has 1 fully saturated rings. The molecule has 2 aromatic carbocycles. The summed E-state index contributed by atoms with van der Waals surface area (Å²) in [4.78, 5) is 19.3.